The van der Waals surface area contributed by atoms with E-state index in [0.29, 0.717) is 6.04 Å². The predicted octanol–water partition coefficient (Wildman–Crippen LogP) is 12.5. The topological polar surface area (TPSA) is 43.4 Å². The molecule has 4 heteroatoms. The van der Waals surface area contributed by atoms with E-state index in [0.717, 1.165) is 12.8 Å². The Kier molecular flexibility index (Phi) is 49.1. The minimum absolute atomic E-state index is 0. The van der Waals surface area contributed by atoms with Gasteiger partial charge in [-0.1, -0.05) is 245 Å². The van der Waals surface area contributed by atoms with Gasteiger partial charge in [-0.3, -0.25) is 0 Å². The molecule has 0 aliphatic carbocycles. The molecule has 0 radical (unpaired) electrons. The van der Waals surface area contributed by atoms with Crippen molar-refractivity contribution in [2.45, 2.75) is 290 Å². The van der Waals surface area contributed by atoms with E-state index in [9.17, 15) is 9.90 Å². The number of rotatable bonds is 45. The molecule has 0 saturated carbocycles. The Morgan fingerprint density at radius 2 is 0.596 bits per heavy atom. The van der Waals surface area contributed by atoms with Crippen molar-refractivity contribution in [1.82, 2.24) is 4.90 Å². The molecule has 0 aliphatic rings. The van der Waals surface area contributed by atoms with Crippen LogP contribution in [0, 0.1) is 0 Å². The van der Waals surface area contributed by atoms with E-state index in [-0.39, 0.29) is 25.3 Å². The third-order valence-corrected chi connectivity index (χ3v) is 11.7. The molecule has 0 bridgehead atoms. The molecule has 0 aromatic rings. The SMILES string of the molecule is CCCCCCCCCCCCCCCCCCCCCN(CCCCCCCCCCCCCCCCCCCCC)C(C)CCCC(=O)[O-].[Li+]. The predicted molar refractivity (Wildman–Crippen MR) is 227 cm³/mol. The van der Waals surface area contributed by atoms with Gasteiger partial charge in [0.2, 0.25) is 0 Å². The normalized spacial score (nSPS) is 12.1. The van der Waals surface area contributed by atoms with Crippen LogP contribution in [0.1, 0.15) is 284 Å². The zero-order valence-corrected chi connectivity index (χ0v) is 36.7. The van der Waals surface area contributed by atoms with Gasteiger partial charge in [-0.15, -0.1) is 0 Å². The molecule has 0 fully saturated rings. The minimum Gasteiger partial charge on any atom is -0.550 e. The second-order valence-corrected chi connectivity index (χ2v) is 16.9. The van der Waals surface area contributed by atoms with Gasteiger partial charge in [0, 0.05) is 12.0 Å². The van der Waals surface area contributed by atoms with Crippen LogP contribution < -0.4 is 24.0 Å². The van der Waals surface area contributed by atoms with Gasteiger partial charge in [0.1, 0.15) is 0 Å². The van der Waals surface area contributed by atoms with E-state index >= 15 is 0 Å². The summed E-state index contributed by atoms with van der Waals surface area (Å²) in [5, 5.41) is 10.9. The second kappa shape index (κ2) is 47.2. The first kappa shape index (κ1) is 54.1. The molecule has 52 heavy (non-hydrogen) atoms. The Morgan fingerprint density at radius 3 is 0.808 bits per heavy atom. The average molecular weight is 726 g/mol. The number of carboxylic acids is 1. The van der Waals surface area contributed by atoms with Gasteiger partial charge in [-0.25, -0.2) is 0 Å². The number of hydrogen-bond acceptors (Lipinski definition) is 3. The molecular formula is C48H96LiNO2. The summed E-state index contributed by atoms with van der Waals surface area (Å²) in [6, 6.07) is 0.482. The van der Waals surface area contributed by atoms with Gasteiger partial charge in [0.05, 0.1) is 0 Å². The monoisotopic (exact) mass is 726 g/mol. The Hall–Kier alpha value is 0.0274. The van der Waals surface area contributed by atoms with Gasteiger partial charge in [-0.05, 0) is 52.1 Å². The standard InChI is InChI=1S/C48H97NO2.Li/c1-4-6-8-10-12-14-16-18-20-22-24-26-28-30-32-34-36-38-40-45-49(47(3)43-42-44-48(50)51)46-41-39-37-35-33-31-29-27-25-23-21-19-17-15-13-11-9-7-5-2;/h47H,4-46H2,1-3H3,(H,50,51);/q;+1/p-1. The fourth-order valence-electron chi connectivity index (χ4n) is 8.06. The van der Waals surface area contributed by atoms with E-state index in [1.54, 1.807) is 0 Å². The largest absolute Gasteiger partial charge is 1.00 e. The van der Waals surface area contributed by atoms with E-state index in [4.69, 9.17) is 0 Å². The minimum atomic E-state index is -0.897. The number of carboxylic acid groups (broad SMARTS) is 1. The number of carbonyl (C=O) groups excluding carboxylic acids is 1. The number of carbonyl (C=O) groups is 1. The number of unbranched alkanes of at least 4 members (excludes halogenated alkanes) is 36. The first-order valence-electron chi connectivity index (χ1n) is 24.1. The Morgan fingerprint density at radius 1 is 0.385 bits per heavy atom. The van der Waals surface area contributed by atoms with Crippen LogP contribution in [0.3, 0.4) is 0 Å². The van der Waals surface area contributed by atoms with Gasteiger partial charge in [-0.2, -0.15) is 0 Å². The second-order valence-electron chi connectivity index (χ2n) is 16.9. The first-order valence-corrected chi connectivity index (χ1v) is 24.1. The van der Waals surface area contributed by atoms with Crippen LogP contribution in [-0.2, 0) is 4.79 Å². The maximum absolute atomic E-state index is 10.9. The summed E-state index contributed by atoms with van der Waals surface area (Å²) < 4.78 is 0. The number of aliphatic carboxylic acids is 1. The van der Waals surface area contributed by atoms with E-state index in [1.165, 1.54) is 257 Å². The Balaban J connectivity index is 0. The maximum Gasteiger partial charge on any atom is 1.00 e. The Bertz CT molecular complexity index is 616. The third kappa shape index (κ3) is 44.4. The van der Waals surface area contributed by atoms with E-state index < -0.39 is 5.97 Å². The molecule has 0 aliphatic heterocycles. The molecular weight excluding hydrogens is 629 g/mol. The smallest absolute Gasteiger partial charge is 0.550 e. The van der Waals surface area contributed by atoms with Gasteiger partial charge in [0.15, 0.2) is 0 Å². The molecule has 0 heterocycles. The van der Waals surface area contributed by atoms with Gasteiger partial charge in [0.25, 0.3) is 0 Å². The van der Waals surface area contributed by atoms with E-state index in [1.807, 2.05) is 0 Å². The van der Waals surface area contributed by atoms with Crippen LogP contribution >= 0.6 is 0 Å². The van der Waals surface area contributed by atoms with Crippen molar-refractivity contribution < 1.29 is 28.8 Å². The number of hydrogen-bond donors (Lipinski definition) is 0. The van der Waals surface area contributed by atoms with Crippen molar-refractivity contribution in [3.8, 4) is 0 Å². The molecule has 0 rings (SSSR count). The van der Waals surface area contributed by atoms with Crippen molar-refractivity contribution in [2.75, 3.05) is 13.1 Å². The zero-order chi connectivity index (χ0) is 37.1. The van der Waals surface area contributed by atoms with Crippen LogP contribution in [0.25, 0.3) is 0 Å². The summed E-state index contributed by atoms with van der Waals surface area (Å²) in [7, 11) is 0. The molecule has 0 amide bonds. The van der Waals surface area contributed by atoms with Crippen LogP contribution in [0.4, 0.5) is 0 Å². The first-order chi connectivity index (χ1) is 25.1. The van der Waals surface area contributed by atoms with E-state index in [2.05, 4.69) is 25.7 Å². The summed E-state index contributed by atoms with van der Waals surface area (Å²) >= 11 is 0. The molecule has 1 atom stereocenters. The van der Waals surface area contributed by atoms with Crippen molar-refractivity contribution in [3.63, 3.8) is 0 Å². The fourth-order valence-corrected chi connectivity index (χ4v) is 8.06. The van der Waals surface area contributed by atoms with Crippen LogP contribution in [0.5, 0.6) is 0 Å². The average Bonchev–Trinajstić information content (AvgIpc) is 3.12. The summed E-state index contributed by atoms with van der Waals surface area (Å²) in [4.78, 5) is 13.6. The third-order valence-electron chi connectivity index (χ3n) is 11.7. The quantitative estimate of drug-likeness (QED) is 0.0464. The molecule has 0 saturated heterocycles. The van der Waals surface area contributed by atoms with Crippen molar-refractivity contribution in [3.05, 3.63) is 0 Å². The zero-order valence-electron chi connectivity index (χ0n) is 36.7. The Labute approximate surface area is 341 Å². The maximum atomic E-state index is 10.9. The van der Waals surface area contributed by atoms with Crippen molar-refractivity contribution >= 4 is 5.97 Å². The summed E-state index contributed by atoms with van der Waals surface area (Å²) in [5.74, 6) is -0.897. The van der Waals surface area contributed by atoms with Gasteiger partial charge < -0.3 is 14.8 Å². The number of nitrogens with zero attached hydrogens (tertiary/aromatic N) is 1. The molecule has 1 unspecified atom stereocenters. The van der Waals surface area contributed by atoms with Crippen LogP contribution in [-0.4, -0.2) is 30.0 Å². The molecule has 0 aromatic carbocycles. The molecule has 0 N–H and O–H groups in total. The molecule has 306 valence electrons. The molecule has 3 nitrogen and oxygen atoms in total. The van der Waals surface area contributed by atoms with Gasteiger partial charge >= 0.3 is 18.9 Å². The fraction of sp³-hybridized carbons (Fsp3) is 0.979. The van der Waals surface area contributed by atoms with Crippen LogP contribution in [0.15, 0.2) is 0 Å². The molecule has 0 aromatic heterocycles. The van der Waals surface area contributed by atoms with Crippen molar-refractivity contribution in [1.29, 1.82) is 0 Å². The van der Waals surface area contributed by atoms with Crippen molar-refractivity contribution in [2.24, 2.45) is 0 Å². The summed E-state index contributed by atoms with van der Waals surface area (Å²) in [6.07, 6.45) is 56.1. The summed E-state index contributed by atoms with van der Waals surface area (Å²) in [5.41, 5.74) is 0. The summed E-state index contributed by atoms with van der Waals surface area (Å²) in [6.45, 7) is 9.29. The molecule has 0 spiro atoms. The van der Waals surface area contributed by atoms with Crippen LogP contribution in [0.2, 0.25) is 0 Å².